The number of hydrogen-bond donors (Lipinski definition) is 2. The Bertz CT molecular complexity index is 580. The summed E-state index contributed by atoms with van der Waals surface area (Å²) in [6.45, 7) is -0.248. The molecule has 1 aromatic rings. The molecular formula is C16H18N2O5. The smallest absolute Gasteiger partial charge is 0.407 e. The minimum absolute atomic E-state index is 0.00311. The monoisotopic (exact) mass is 318 g/mol. The second-order valence-electron chi connectivity index (χ2n) is 4.47. The summed E-state index contributed by atoms with van der Waals surface area (Å²) in [6.07, 6.45) is 4.37. The van der Waals surface area contributed by atoms with E-state index in [9.17, 15) is 14.4 Å². The Morgan fingerprint density at radius 3 is 2.57 bits per heavy atom. The molecule has 122 valence electrons. The number of esters is 1. The molecule has 0 saturated heterocycles. The van der Waals surface area contributed by atoms with E-state index in [1.54, 1.807) is 12.1 Å². The first-order chi connectivity index (χ1) is 11.1. The number of carbonyl (C=O) groups excluding carboxylic acids is 3. The zero-order valence-corrected chi connectivity index (χ0v) is 12.7. The van der Waals surface area contributed by atoms with Crippen molar-refractivity contribution in [3.63, 3.8) is 0 Å². The molecule has 7 nitrogen and oxygen atoms in total. The SMILES string of the molecule is C#CC[C@@H](NC(=O)CNC(=O)OCc1ccccc1)C(=O)OC. The lowest BCUT2D eigenvalue weighted by Gasteiger charge is -2.14. The van der Waals surface area contributed by atoms with Gasteiger partial charge in [0, 0.05) is 6.42 Å². The Kier molecular flexibility index (Phi) is 7.72. The van der Waals surface area contributed by atoms with Gasteiger partial charge in [-0.3, -0.25) is 4.79 Å². The molecule has 0 aliphatic rings. The van der Waals surface area contributed by atoms with Crippen LogP contribution in [0.4, 0.5) is 4.79 Å². The third-order valence-electron chi connectivity index (χ3n) is 2.75. The van der Waals surface area contributed by atoms with E-state index in [-0.39, 0.29) is 19.6 Å². The Hall–Kier alpha value is -3.01. The lowest BCUT2D eigenvalue weighted by molar-refractivity contribution is -0.144. The number of benzene rings is 1. The maximum absolute atomic E-state index is 11.7. The average Bonchev–Trinajstić information content (AvgIpc) is 2.58. The predicted molar refractivity (Wildman–Crippen MR) is 82.0 cm³/mol. The summed E-state index contributed by atoms with van der Waals surface area (Å²) in [5.41, 5.74) is 0.826. The summed E-state index contributed by atoms with van der Waals surface area (Å²) >= 11 is 0. The number of ether oxygens (including phenoxy) is 2. The van der Waals surface area contributed by atoms with E-state index in [1.165, 1.54) is 7.11 Å². The first-order valence-corrected chi connectivity index (χ1v) is 6.82. The fourth-order valence-electron chi connectivity index (χ4n) is 1.63. The number of carbonyl (C=O) groups is 3. The summed E-state index contributed by atoms with van der Waals surface area (Å²) in [5.74, 6) is 1.04. The van der Waals surface area contributed by atoms with Gasteiger partial charge in [-0.05, 0) is 5.56 Å². The van der Waals surface area contributed by atoms with Crippen molar-refractivity contribution in [1.29, 1.82) is 0 Å². The topological polar surface area (TPSA) is 93.7 Å². The number of alkyl carbamates (subject to hydrolysis) is 1. The van der Waals surface area contributed by atoms with Crippen molar-refractivity contribution in [2.75, 3.05) is 13.7 Å². The molecule has 0 saturated carbocycles. The van der Waals surface area contributed by atoms with E-state index in [0.29, 0.717) is 0 Å². The molecule has 0 aliphatic heterocycles. The van der Waals surface area contributed by atoms with Gasteiger partial charge in [-0.15, -0.1) is 12.3 Å². The molecule has 0 heterocycles. The Morgan fingerprint density at radius 1 is 1.26 bits per heavy atom. The second-order valence-corrected chi connectivity index (χ2v) is 4.47. The van der Waals surface area contributed by atoms with Crippen LogP contribution in [0.25, 0.3) is 0 Å². The van der Waals surface area contributed by atoms with Crippen LogP contribution in [0.15, 0.2) is 30.3 Å². The lowest BCUT2D eigenvalue weighted by atomic mass is 10.2. The predicted octanol–water partition coefficient (Wildman–Crippen LogP) is 0.594. The van der Waals surface area contributed by atoms with Gasteiger partial charge in [0.05, 0.1) is 7.11 Å². The van der Waals surface area contributed by atoms with Crippen LogP contribution in [0.5, 0.6) is 0 Å². The fraction of sp³-hybridized carbons (Fsp3) is 0.312. The molecule has 0 aliphatic carbocycles. The standard InChI is InChI=1S/C16H18N2O5/c1-3-7-13(15(20)22-2)18-14(19)10-17-16(21)23-11-12-8-5-4-6-9-12/h1,4-6,8-9,13H,7,10-11H2,2H3,(H,17,21)(H,18,19)/t13-/m1/s1. The molecule has 0 bridgehead atoms. The first-order valence-electron chi connectivity index (χ1n) is 6.82. The molecule has 1 rings (SSSR count). The molecule has 0 unspecified atom stereocenters. The zero-order valence-electron chi connectivity index (χ0n) is 12.7. The third kappa shape index (κ3) is 7.00. The van der Waals surface area contributed by atoms with E-state index in [4.69, 9.17) is 11.2 Å². The van der Waals surface area contributed by atoms with Crippen molar-refractivity contribution < 1.29 is 23.9 Å². The Labute approximate surface area is 134 Å². The lowest BCUT2D eigenvalue weighted by Crippen LogP contribution is -2.45. The van der Waals surface area contributed by atoms with Crippen LogP contribution in [0.3, 0.4) is 0 Å². The van der Waals surface area contributed by atoms with Crippen LogP contribution in [0.1, 0.15) is 12.0 Å². The summed E-state index contributed by atoms with van der Waals surface area (Å²) in [7, 11) is 1.19. The maximum Gasteiger partial charge on any atom is 0.407 e. The van der Waals surface area contributed by atoms with Crippen LogP contribution >= 0.6 is 0 Å². The van der Waals surface area contributed by atoms with E-state index in [1.807, 2.05) is 18.2 Å². The van der Waals surface area contributed by atoms with Crippen molar-refractivity contribution >= 4 is 18.0 Å². The molecular weight excluding hydrogens is 300 g/mol. The Balaban J connectivity index is 2.33. The highest BCUT2D eigenvalue weighted by Crippen LogP contribution is 2.00. The van der Waals surface area contributed by atoms with E-state index in [0.717, 1.165) is 5.56 Å². The van der Waals surface area contributed by atoms with Gasteiger partial charge in [-0.1, -0.05) is 30.3 Å². The van der Waals surface area contributed by atoms with E-state index in [2.05, 4.69) is 21.3 Å². The normalized spacial score (nSPS) is 10.8. The molecule has 2 amide bonds. The molecule has 1 atom stereocenters. The van der Waals surface area contributed by atoms with Crippen LogP contribution in [-0.2, 0) is 25.7 Å². The molecule has 0 fully saturated rings. The average molecular weight is 318 g/mol. The molecule has 1 aromatic carbocycles. The molecule has 0 radical (unpaired) electrons. The van der Waals surface area contributed by atoms with Crippen LogP contribution in [-0.4, -0.2) is 37.7 Å². The van der Waals surface area contributed by atoms with Crippen LogP contribution in [0, 0.1) is 12.3 Å². The summed E-state index contributed by atoms with van der Waals surface area (Å²) in [6, 6.07) is 8.16. The molecule has 7 heteroatoms. The van der Waals surface area contributed by atoms with Gasteiger partial charge in [0.2, 0.25) is 5.91 Å². The number of nitrogens with one attached hydrogen (secondary N) is 2. The minimum atomic E-state index is -0.945. The number of amides is 2. The van der Waals surface area contributed by atoms with Gasteiger partial charge < -0.3 is 20.1 Å². The quantitative estimate of drug-likeness (QED) is 0.567. The van der Waals surface area contributed by atoms with Crippen molar-refractivity contribution in [2.24, 2.45) is 0 Å². The Morgan fingerprint density at radius 2 is 1.96 bits per heavy atom. The third-order valence-corrected chi connectivity index (χ3v) is 2.75. The van der Waals surface area contributed by atoms with Gasteiger partial charge in [0.15, 0.2) is 0 Å². The number of methoxy groups -OCH3 is 1. The highest BCUT2D eigenvalue weighted by molar-refractivity contribution is 5.87. The highest BCUT2D eigenvalue weighted by atomic mass is 16.5. The first kappa shape index (κ1) is 18.0. The van der Waals surface area contributed by atoms with Gasteiger partial charge in [-0.25, -0.2) is 9.59 Å². The zero-order chi connectivity index (χ0) is 17.1. The van der Waals surface area contributed by atoms with Gasteiger partial charge in [0.25, 0.3) is 0 Å². The van der Waals surface area contributed by atoms with Crippen LogP contribution < -0.4 is 10.6 Å². The van der Waals surface area contributed by atoms with E-state index < -0.39 is 24.0 Å². The van der Waals surface area contributed by atoms with Crippen molar-refractivity contribution in [3.8, 4) is 12.3 Å². The molecule has 23 heavy (non-hydrogen) atoms. The van der Waals surface area contributed by atoms with Gasteiger partial charge >= 0.3 is 12.1 Å². The molecule has 2 N–H and O–H groups in total. The number of rotatable bonds is 7. The minimum Gasteiger partial charge on any atom is -0.467 e. The van der Waals surface area contributed by atoms with Crippen LogP contribution in [0.2, 0.25) is 0 Å². The largest absolute Gasteiger partial charge is 0.467 e. The van der Waals surface area contributed by atoms with Crippen molar-refractivity contribution in [1.82, 2.24) is 10.6 Å². The number of terminal acetylenes is 1. The van der Waals surface area contributed by atoms with Crippen molar-refractivity contribution in [3.05, 3.63) is 35.9 Å². The summed E-state index contributed by atoms with van der Waals surface area (Å²) in [5, 5.41) is 4.65. The summed E-state index contributed by atoms with van der Waals surface area (Å²) < 4.78 is 9.46. The molecule has 0 spiro atoms. The second kappa shape index (κ2) is 9.84. The van der Waals surface area contributed by atoms with E-state index >= 15 is 0 Å². The maximum atomic E-state index is 11.7. The van der Waals surface area contributed by atoms with Gasteiger partial charge in [0.1, 0.15) is 19.2 Å². The molecule has 0 aromatic heterocycles. The summed E-state index contributed by atoms with van der Waals surface area (Å²) in [4.78, 5) is 34.5. The highest BCUT2D eigenvalue weighted by Gasteiger charge is 2.20. The van der Waals surface area contributed by atoms with Crippen molar-refractivity contribution in [2.45, 2.75) is 19.1 Å². The van der Waals surface area contributed by atoms with Gasteiger partial charge in [-0.2, -0.15) is 0 Å². The number of hydrogen-bond acceptors (Lipinski definition) is 5. The fourth-order valence-corrected chi connectivity index (χ4v) is 1.63.